The summed E-state index contributed by atoms with van der Waals surface area (Å²) in [5, 5.41) is 8.03. The topological polar surface area (TPSA) is 76.4 Å². The van der Waals surface area contributed by atoms with E-state index in [1.165, 1.54) is 18.2 Å². The third-order valence-corrected chi connectivity index (χ3v) is 4.69. The van der Waals surface area contributed by atoms with Gasteiger partial charge in [-0.25, -0.2) is 17.5 Å². The summed E-state index contributed by atoms with van der Waals surface area (Å²) >= 11 is 0. The van der Waals surface area contributed by atoms with E-state index in [0.717, 1.165) is 0 Å². The Bertz CT molecular complexity index is 924. The molecule has 1 N–H and O–H groups in total. The number of hydrogen-bond donors (Lipinski definition) is 1. The Morgan fingerprint density at radius 2 is 1.87 bits per heavy atom. The Labute approximate surface area is 133 Å². The number of hydrogen-bond acceptors (Lipinski definition) is 4. The molecule has 0 aliphatic heterocycles. The summed E-state index contributed by atoms with van der Waals surface area (Å²) in [5.74, 6) is -0.254. The van der Waals surface area contributed by atoms with Gasteiger partial charge in [0.25, 0.3) is 0 Å². The van der Waals surface area contributed by atoms with Crippen molar-refractivity contribution in [2.75, 3.05) is 6.54 Å². The molecule has 0 radical (unpaired) electrons. The van der Waals surface area contributed by atoms with Crippen molar-refractivity contribution >= 4 is 15.7 Å². The normalized spacial score (nSPS) is 11.9. The number of fused-ring (bicyclic) bond motifs is 1. The number of benzene rings is 1. The van der Waals surface area contributed by atoms with E-state index in [4.69, 9.17) is 0 Å². The minimum absolute atomic E-state index is 0.146. The Morgan fingerprint density at radius 1 is 1.09 bits per heavy atom. The van der Waals surface area contributed by atoms with Gasteiger partial charge in [0.1, 0.15) is 11.6 Å². The minimum atomic E-state index is -3.61. The number of aromatic nitrogens is 3. The molecule has 0 unspecified atom stereocenters. The van der Waals surface area contributed by atoms with E-state index in [1.807, 2.05) is 24.4 Å². The molecule has 6 nitrogen and oxygen atoms in total. The van der Waals surface area contributed by atoms with E-state index in [0.29, 0.717) is 17.9 Å². The summed E-state index contributed by atoms with van der Waals surface area (Å²) in [4.78, 5) is 0. The fourth-order valence-corrected chi connectivity index (χ4v) is 3.41. The van der Waals surface area contributed by atoms with Crippen LogP contribution >= 0.6 is 0 Å². The molecule has 0 bridgehead atoms. The summed E-state index contributed by atoms with van der Waals surface area (Å²) in [6.45, 7) is 0.173. The zero-order chi connectivity index (χ0) is 16.3. The molecule has 3 rings (SSSR count). The van der Waals surface area contributed by atoms with Gasteiger partial charge in [-0.05, 0) is 18.2 Å². The van der Waals surface area contributed by atoms with Crippen molar-refractivity contribution in [2.24, 2.45) is 0 Å². The average Bonchev–Trinajstić information content (AvgIpc) is 2.93. The second-order valence-electron chi connectivity index (χ2n) is 5.04. The van der Waals surface area contributed by atoms with Crippen molar-refractivity contribution in [3.8, 4) is 0 Å². The van der Waals surface area contributed by atoms with Crippen molar-refractivity contribution in [1.29, 1.82) is 0 Å². The largest absolute Gasteiger partial charge is 0.286 e. The summed E-state index contributed by atoms with van der Waals surface area (Å²) in [5.41, 5.74) is 0.852. The summed E-state index contributed by atoms with van der Waals surface area (Å²) in [6.07, 6.45) is 2.21. The number of nitrogens with one attached hydrogen (secondary N) is 1. The zero-order valence-electron chi connectivity index (χ0n) is 12.2. The summed E-state index contributed by atoms with van der Waals surface area (Å²) < 4.78 is 41.8. The fraction of sp³-hybridized carbons (Fsp3) is 0.200. The summed E-state index contributed by atoms with van der Waals surface area (Å²) in [6, 6.07) is 11.4. The molecule has 0 fully saturated rings. The van der Waals surface area contributed by atoms with Crippen molar-refractivity contribution in [1.82, 2.24) is 19.3 Å². The highest BCUT2D eigenvalue weighted by Gasteiger charge is 2.14. The van der Waals surface area contributed by atoms with Gasteiger partial charge < -0.3 is 0 Å². The van der Waals surface area contributed by atoms with Crippen LogP contribution in [0.2, 0.25) is 0 Å². The average molecular weight is 334 g/mol. The van der Waals surface area contributed by atoms with Gasteiger partial charge in [0.15, 0.2) is 5.65 Å². The molecule has 3 aromatic rings. The molecule has 2 heterocycles. The van der Waals surface area contributed by atoms with Crippen LogP contribution < -0.4 is 4.72 Å². The van der Waals surface area contributed by atoms with Crippen LogP contribution in [0.4, 0.5) is 4.39 Å². The van der Waals surface area contributed by atoms with Crippen molar-refractivity contribution in [3.63, 3.8) is 0 Å². The first kappa shape index (κ1) is 15.6. The SMILES string of the molecule is O=S(=O)(Cc1ccccc1F)NCCc1nnc2ccccn12. The monoisotopic (exact) mass is 334 g/mol. The van der Waals surface area contributed by atoms with Crippen LogP contribution in [0.25, 0.3) is 5.65 Å². The van der Waals surface area contributed by atoms with E-state index < -0.39 is 15.8 Å². The molecule has 23 heavy (non-hydrogen) atoms. The lowest BCUT2D eigenvalue weighted by Crippen LogP contribution is -2.28. The zero-order valence-corrected chi connectivity index (χ0v) is 13.0. The van der Waals surface area contributed by atoms with Crippen LogP contribution in [-0.4, -0.2) is 29.6 Å². The lowest BCUT2D eigenvalue weighted by molar-refractivity contribution is 0.573. The van der Waals surface area contributed by atoms with E-state index in [2.05, 4.69) is 14.9 Å². The Balaban J connectivity index is 1.62. The smallest absolute Gasteiger partial charge is 0.215 e. The molecular formula is C15H15FN4O2S. The maximum Gasteiger partial charge on any atom is 0.215 e. The first-order valence-electron chi connectivity index (χ1n) is 7.04. The highest BCUT2D eigenvalue weighted by molar-refractivity contribution is 7.88. The third kappa shape index (κ3) is 3.72. The van der Waals surface area contributed by atoms with E-state index >= 15 is 0 Å². The molecule has 0 saturated heterocycles. The van der Waals surface area contributed by atoms with E-state index in [-0.39, 0.29) is 17.9 Å². The quantitative estimate of drug-likeness (QED) is 0.742. The highest BCUT2D eigenvalue weighted by atomic mass is 32.2. The second kappa shape index (κ2) is 6.43. The van der Waals surface area contributed by atoms with Gasteiger partial charge in [-0.15, -0.1) is 10.2 Å². The molecule has 0 saturated carbocycles. The van der Waals surface area contributed by atoms with Gasteiger partial charge >= 0.3 is 0 Å². The third-order valence-electron chi connectivity index (χ3n) is 3.36. The molecule has 8 heteroatoms. The van der Waals surface area contributed by atoms with Crippen molar-refractivity contribution < 1.29 is 12.8 Å². The number of sulfonamides is 1. The minimum Gasteiger partial charge on any atom is -0.286 e. The molecule has 0 aliphatic rings. The van der Waals surface area contributed by atoms with Gasteiger partial charge in [-0.3, -0.25) is 4.40 Å². The van der Waals surface area contributed by atoms with Crippen molar-refractivity contribution in [3.05, 3.63) is 65.9 Å². The highest BCUT2D eigenvalue weighted by Crippen LogP contribution is 2.10. The first-order valence-corrected chi connectivity index (χ1v) is 8.70. The molecule has 0 atom stereocenters. The van der Waals surface area contributed by atoms with E-state index in [1.54, 1.807) is 10.5 Å². The van der Waals surface area contributed by atoms with Crippen LogP contribution in [0, 0.1) is 5.82 Å². The molecule has 0 aliphatic carbocycles. The lowest BCUT2D eigenvalue weighted by Gasteiger charge is -2.07. The Morgan fingerprint density at radius 3 is 2.70 bits per heavy atom. The number of halogens is 1. The Hall–Kier alpha value is -2.32. The maximum atomic E-state index is 13.5. The molecule has 2 aromatic heterocycles. The van der Waals surface area contributed by atoms with Crippen LogP contribution in [0.15, 0.2) is 48.7 Å². The maximum absolute atomic E-state index is 13.5. The predicted octanol–water partition coefficient (Wildman–Crippen LogP) is 1.53. The van der Waals surface area contributed by atoms with Crippen LogP contribution in [0.5, 0.6) is 0 Å². The van der Waals surface area contributed by atoms with Crippen LogP contribution in [-0.2, 0) is 22.2 Å². The van der Waals surface area contributed by atoms with E-state index in [9.17, 15) is 12.8 Å². The number of nitrogens with zero attached hydrogens (tertiary/aromatic N) is 3. The number of pyridine rings is 1. The Kier molecular flexibility index (Phi) is 4.35. The van der Waals surface area contributed by atoms with Gasteiger partial charge in [-0.2, -0.15) is 0 Å². The fourth-order valence-electron chi connectivity index (χ4n) is 2.25. The molecule has 0 amide bonds. The van der Waals surface area contributed by atoms with Crippen molar-refractivity contribution in [2.45, 2.75) is 12.2 Å². The van der Waals surface area contributed by atoms with Gasteiger partial charge in [0.2, 0.25) is 10.0 Å². The first-order chi connectivity index (χ1) is 11.1. The lowest BCUT2D eigenvalue weighted by atomic mass is 10.2. The molecule has 1 aromatic carbocycles. The molecule has 0 spiro atoms. The number of rotatable bonds is 6. The molecule has 120 valence electrons. The van der Waals surface area contributed by atoms with Gasteiger partial charge in [0.05, 0.1) is 5.75 Å². The van der Waals surface area contributed by atoms with Gasteiger partial charge in [0, 0.05) is 24.7 Å². The van der Waals surface area contributed by atoms with Gasteiger partial charge in [-0.1, -0.05) is 24.3 Å². The van der Waals surface area contributed by atoms with Crippen LogP contribution in [0.3, 0.4) is 0 Å². The van der Waals surface area contributed by atoms with Crippen LogP contribution in [0.1, 0.15) is 11.4 Å². The standard InChI is InChI=1S/C15H15FN4O2S/c16-13-6-2-1-5-12(13)11-23(21,22)17-9-8-15-19-18-14-7-3-4-10-20(14)15/h1-7,10,17H,8-9,11H2. The summed E-state index contributed by atoms with van der Waals surface area (Å²) in [7, 11) is -3.61. The second-order valence-corrected chi connectivity index (χ2v) is 6.85. The molecular weight excluding hydrogens is 319 g/mol. The predicted molar refractivity (Wildman–Crippen MR) is 83.7 cm³/mol.